The highest BCUT2D eigenvalue weighted by Crippen LogP contribution is 2.54. The van der Waals surface area contributed by atoms with E-state index in [0.29, 0.717) is 11.8 Å². The van der Waals surface area contributed by atoms with Gasteiger partial charge in [0, 0.05) is 11.8 Å². The molecular formula is C21H15N. The molecule has 0 spiro atoms. The number of benzene rings is 3. The van der Waals surface area contributed by atoms with Crippen molar-refractivity contribution >= 4 is 10.8 Å². The van der Waals surface area contributed by atoms with Crippen LogP contribution in [0.1, 0.15) is 52.5 Å². The quantitative estimate of drug-likeness (QED) is 0.563. The first-order valence-corrected chi connectivity index (χ1v) is 7.93. The maximum atomic E-state index is 9.82. The van der Waals surface area contributed by atoms with E-state index in [1.54, 1.807) is 0 Å². The Labute approximate surface area is 129 Å². The number of hydrogen-bond donors (Lipinski definition) is 0. The summed E-state index contributed by atoms with van der Waals surface area (Å²) in [5.74, 6) is 0.864. The van der Waals surface area contributed by atoms with Gasteiger partial charge in [0.1, 0.15) is 6.07 Å². The molecule has 0 aromatic heterocycles. The lowest BCUT2D eigenvalue weighted by Gasteiger charge is -2.41. The smallest absolute Gasteiger partial charge is 0.100 e. The Kier molecular flexibility index (Phi) is 2.30. The average molecular weight is 281 g/mol. The molecule has 2 bridgehead atoms. The topological polar surface area (TPSA) is 23.8 Å². The molecular weight excluding hydrogens is 266 g/mol. The van der Waals surface area contributed by atoms with E-state index in [1.807, 2.05) is 6.07 Å². The molecule has 0 N–H and O–H groups in total. The van der Waals surface area contributed by atoms with Gasteiger partial charge >= 0.3 is 0 Å². The van der Waals surface area contributed by atoms with E-state index in [1.165, 1.54) is 40.5 Å². The molecule has 6 rings (SSSR count). The number of nitrogens with zero attached hydrogens (tertiary/aromatic N) is 1. The van der Waals surface area contributed by atoms with Gasteiger partial charge in [-0.05, 0) is 45.9 Å². The Morgan fingerprint density at radius 1 is 0.818 bits per heavy atom. The second-order valence-electron chi connectivity index (χ2n) is 6.40. The van der Waals surface area contributed by atoms with Gasteiger partial charge < -0.3 is 0 Å². The molecule has 0 fully saturated rings. The lowest BCUT2D eigenvalue weighted by molar-refractivity contribution is 0.520. The van der Waals surface area contributed by atoms with Gasteiger partial charge in [-0.1, -0.05) is 54.6 Å². The van der Waals surface area contributed by atoms with Crippen LogP contribution in [-0.2, 0) is 0 Å². The molecule has 1 nitrogen and oxygen atoms in total. The molecule has 22 heavy (non-hydrogen) atoms. The van der Waals surface area contributed by atoms with Crippen molar-refractivity contribution < 1.29 is 0 Å². The van der Waals surface area contributed by atoms with Crippen LogP contribution in [0.5, 0.6) is 0 Å². The summed E-state index contributed by atoms with van der Waals surface area (Å²) in [7, 11) is 0. The van der Waals surface area contributed by atoms with Gasteiger partial charge in [-0.2, -0.15) is 5.26 Å². The van der Waals surface area contributed by atoms with Gasteiger partial charge in [-0.15, -0.1) is 0 Å². The van der Waals surface area contributed by atoms with Crippen molar-refractivity contribution in [1.82, 2.24) is 0 Å². The van der Waals surface area contributed by atoms with Crippen LogP contribution in [0.4, 0.5) is 0 Å². The first-order chi connectivity index (χ1) is 10.9. The van der Waals surface area contributed by atoms with Crippen LogP contribution in [0, 0.1) is 11.3 Å². The van der Waals surface area contributed by atoms with Gasteiger partial charge in [0.25, 0.3) is 0 Å². The number of hydrogen-bond acceptors (Lipinski definition) is 1. The molecule has 1 heteroatoms. The zero-order valence-electron chi connectivity index (χ0n) is 12.2. The second-order valence-corrected chi connectivity index (χ2v) is 6.40. The van der Waals surface area contributed by atoms with E-state index in [0.717, 1.165) is 10.9 Å². The standard InChI is InChI=1S/C21H15N/c22-12-20-14-6-2-1-5-13(14)11-19-17-9-10-18(21(19)20)16-8-4-3-7-15(16)17/h1-8,11,17-18H,9-10H2. The molecule has 0 saturated carbocycles. The summed E-state index contributed by atoms with van der Waals surface area (Å²) in [4.78, 5) is 0. The molecule has 2 unspecified atom stereocenters. The van der Waals surface area contributed by atoms with Crippen molar-refractivity contribution in [2.45, 2.75) is 24.7 Å². The number of rotatable bonds is 0. The molecule has 3 aromatic rings. The Morgan fingerprint density at radius 2 is 1.50 bits per heavy atom. The molecule has 0 amide bonds. The summed E-state index contributed by atoms with van der Waals surface area (Å²) in [5.41, 5.74) is 6.52. The highest BCUT2D eigenvalue weighted by atomic mass is 14.4. The van der Waals surface area contributed by atoms with E-state index >= 15 is 0 Å². The van der Waals surface area contributed by atoms with Crippen LogP contribution in [-0.4, -0.2) is 0 Å². The zero-order chi connectivity index (χ0) is 14.7. The minimum Gasteiger partial charge on any atom is -0.192 e. The third-order valence-corrected chi connectivity index (χ3v) is 5.45. The summed E-state index contributed by atoms with van der Waals surface area (Å²) < 4.78 is 0. The lowest BCUT2D eigenvalue weighted by atomic mass is 9.62. The zero-order valence-corrected chi connectivity index (χ0v) is 12.2. The predicted octanol–water partition coefficient (Wildman–Crippen LogP) is 5.08. The Bertz CT molecular complexity index is 961. The molecule has 2 atom stereocenters. The van der Waals surface area contributed by atoms with E-state index in [9.17, 15) is 5.26 Å². The summed E-state index contributed by atoms with van der Waals surface area (Å²) in [6.45, 7) is 0. The molecule has 0 radical (unpaired) electrons. The van der Waals surface area contributed by atoms with E-state index < -0.39 is 0 Å². The van der Waals surface area contributed by atoms with Crippen molar-refractivity contribution in [3.8, 4) is 6.07 Å². The van der Waals surface area contributed by atoms with Crippen molar-refractivity contribution in [2.75, 3.05) is 0 Å². The molecule has 0 aliphatic heterocycles. The average Bonchev–Trinajstić information content (AvgIpc) is 2.60. The van der Waals surface area contributed by atoms with Crippen molar-refractivity contribution in [2.24, 2.45) is 0 Å². The fourth-order valence-electron chi connectivity index (χ4n) is 4.58. The minimum absolute atomic E-state index is 0.399. The first-order valence-electron chi connectivity index (χ1n) is 7.93. The highest BCUT2D eigenvalue weighted by Gasteiger charge is 2.39. The summed E-state index contributed by atoms with van der Waals surface area (Å²) in [6, 6.07) is 22.0. The first kappa shape index (κ1) is 12.0. The fraction of sp³-hybridized carbons (Fsp3) is 0.190. The fourth-order valence-corrected chi connectivity index (χ4v) is 4.58. The van der Waals surface area contributed by atoms with Crippen molar-refractivity contribution in [3.63, 3.8) is 0 Å². The number of fused-ring (bicyclic) bond motifs is 2. The maximum Gasteiger partial charge on any atom is 0.100 e. The Balaban J connectivity index is 1.92. The van der Waals surface area contributed by atoms with Crippen LogP contribution in [0.15, 0.2) is 54.6 Å². The van der Waals surface area contributed by atoms with Crippen LogP contribution in [0.2, 0.25) is 0 Å². The van der Waals surface area contributed by atoms with Crippen LogP contribution in [0.3, 0.4) is 0 Å². The van der Waals surface area contributed by atoms with Gasteiger partial charge in [0.2, 0.25) is 0 Å². The Hall–Kier alpha value is -2.59. The van der Waals surface area contributed by atoms with E-state index in [2.05, 4.69) is 54.6 Å². The SMILES string of the molecule is N#Cc1c2c(cc3ccccc13)C1CCC2c2ccccc21. The second kappa shape index (κ2) is 4.21. The maximum absolute atomic E-state index is 9.82. The van der Waals surface area contributed by atoms with Crippen LogP contribution < -0.4 is 0 Å². The normalized spacial score (nSPS) is 21.2. The molecule has 0 saturated heterocycles. The predicted molar refractivity (Wildman–Crippen MR) is 88.0 cm³/mol. The molecule has 3 aliphatic rings. The molecule has 3 aliphatic carbocycles. The summed E-state index contributed by atoms with van der Waals surface area (Å²) in [6.07, 6.45) is 2.37. The van der Waals surface area contributed by atoms with Gasteiger partial charge in [-0.25, -0.2) is 0 Å². The third-order valence-electron chi connectivity index (χ3n) is 5.45. The van der Waals surface area contributed by atoms with E-state index in [4.69, 9.17) is 0 Å². The number of nitriles is 1. The van der Waals surface area contributed by atoms with Gasteiger partial charge in [0.05, 0.1) is 5.56 Å². The summed E-state index contributed by atoms with van der Waals surface area (Å²) >= 11 is 0. The summed E-state index contributed by atoms with van der Waals surface area (Å²) in [5, 5.41) is 12.1. The molecule has 104 valence electrons. The largest absolute Gasteiger partial charge is 0.192 e. The molecule has 3 aromatic carbocycles. The minimum atomic E-state index is 0.399. The van der Waals surface area contributed by atoms with Gasteiger partial charge in [0.15, 0.2) is 0 Å². The molecule has 0 heterocycles. The van der Waals surface area contributed by atoms with E-state index in [-0.39, 0.29) is 0 Å². The van der Waals surface area contributed by atoms with Gasteiger partial charge in [-0.3, -0.25) is 0 Å². The lowest BCUT2D eigenvalue weighted by Crippen LogP contribution is -2.25. The highest BCUT2D eigenvalue weighted by molar-refractivity contribution is 5.91. The van der Waals surface area contributed by atoms with Crippen molar-refractivity contribution in [1.29, 1.82) is 5.26 Å². The van der Waals surface area contributed by atoms with Crippen LogP contribution >= 0.6 is 0 Å². The van der Waals surface area contributed by atoms with Crippen LogP contribution in [0.25, 0.3) is 10.8 Å². The Morgan fingerprint density at radius 3 is 2.32 bits per heavy atom. The third kappa shape index (κ3) is 1.37. The van der Waals surface area contributed by atoms with Crippen molar-refractivity contribution in [3.05, 3.63) is 82.4 Å². The monoisotopic (exact) mass is 281 g/mol.